The number of allylic oxidation sites excluding steroid dienone is 1. The highest BCUT2D eigenvalue weighted by Crippen LogP contribution is 2.35. The van der Waals surface area contributed by atoms with E-state index in [4.69, 9.17) is 28.8 Å². The lowest BCUT2D eigenvalue weighted by Crippen LogP contribution is -2.31. The molecule has 3 heterocycles. The van der Waals surface area contributed by atoms with Crippen LogP contribution in [0.25, 0.3) is 17.0 Å². The monoisotopic (exact) mass is 493 g/mol. The number of ether oxygens (including phenoxy) is 4. The van der Waals surface area contributed by atoms with E-state index in [0.717, 1.165) is 22.3 Å². The fourth-order valence-electron chi connectivity index (χ4n) is 3.98. The highest BCUT2D eigenvalue weighted by molar-refractivity contribution is 6.13. The third-order valence-corrected chi connectivity index (χ3v) is 5.53. The zero-order chi connectivity index (χ0) is 26.2. The van der Waals surface area contributed by atoms with Gasteiger partial charge in [0.25, 0.3) is 0 Å². The standard InChI is InChI=1S/C27H31N3O6/c1-15-9-16(2)28-18(15)12-20-23(32-6)13-19(29-20)22-10-17-11-24(33-7)25(34-8)14-21(17)30(22)36-26(31)35-27(3,4)5/h9-14,28H,1-8H3. The molecule has 1 N–H and O–H groups in total. The second-order valence-electron chi connectivity index (χ2n) is 9.43. The van der Waals surface area contributed by atoms with Crippen LogP contribution in [0.3, 0.4) is 0 Å². The number of H-pyrrole nitrogens is 1. The van der Waals surface area contributed by atoms with Gasteiger partial charge in [0, 0.05) is 28.9 Å². The number of aromatic nitrogens is 2. The first-order chi connectivity index (χ1) is 17.0. The molecule has 4 rings (SSSR count). The molecule has 0 saturated carbocycles. The van der Waals surface area contributed by atoms with Crippen LogP contribution in [0.5, 0.6) is 11.5 Å². The Hall–Kier alpha value is -4.14. The van der Waals surface area contributed by atoms with Crippen LogP contribution in [0.1, 0.15) is 43.4 Å². The van der Waals surface area contributed by atoms with Crippen molar-refractivity contribution in [3.63, 3.8) is 0 Å². The van der Waals surface area contributed by atoms with E-state index in [2.05, 4.69) is 11.1 Å². The summed E-state index contributed by atoms with van der Waals surface area (Å²) in [7, 11) is 4.70. The van der Waals surface area contributed by atoms with E-state index in [9.17, 15) is 4.79 Å². The molecular formula is C27H31N3O6. The van der Waals surface area contributed by atoms with Crippen LogP contribution in [0.4, 0.5) is 4.79 Å². The molecule has 1 aliphatic heterocycles. The van der Waals surface area contributed by atoms with Crippen molar-refractivity contribution in [3.8, 4) is 11.5 Å². The predicted octanol–water partition coefficient (Wildman–Crippen LogP) is 5.34. The Morgan fingerprint density at radius 1 is 1.00 bits per heavy atom. The summed E-state index contributed by atoms with van der Waals surface area (Å²) in [5.74, 6) is 1.62. The molecule has 36 heavy (non-hydrogen) atoms. The maximum absolute atomic E-state index is 12.7. The van der Waals surface area contributed by atoms with Gasteiger partial charge in [-0.3, -0.25) is 0 Å². The minimum Gasteiger partial charge on any atom is -0.494 e. The number of benzene rings is 1. The summed E-state index contributed by atoms with van der Waals surface area (Å²) >= 11 is 0. The Kier molecular flexibility index (Phi) is 6.58. The Labute approximate surface area is 209 Å². The lowest BCUT2D eigenvalue weighted by atomic mass is 10.2. The number of rotatable bonds is 6. The number of carbonyl (C=O) groups excluding carboxylic acids is 1. The van der Waals surface area contributed by atoms with Crippen molar-refractivity contribution in [3.05, 3.63) is 64.4 Å². The van der Waals surface area contributed by atoms with Gasteiger partial charge in [0.05, 0.1) is 32.6 Å². The molecule has 0 aliphatic carbocycles. The first-order valence-corrected chi connectivity index (χ1v) is 11.4. The molecule has 9 heteroatoms. The van der Waals surface area contributed by atoms with Crippen LogP contribution in [0.2, 0.25) is 0 Å². The van der Waals surface area contributed by atoms with Gasteiger partial charge in [-0.1, -0.05) is 0 Å². The van der Waals surface area contributed by atoms with Gasteiger partial charge in [-0.15, -0.1) is 0 Å². The summed E-state index contributed by atoms with van der Waals surface area (Å²) in [6.07, 6.45) is 2.88. The van der Waals surface area contributed by atoms with Crippen LogP contribution in [-0.2, 0) is 9.47 Å². The van der Waals surface area contributed by atoms with Crippen molar-refractivity contribution < 1.29 is 28.6 Å². The Balaban J connectivity index is 1.86. The van der Waals surface area contributed by atoms with Gasteiger partial charge in [0.2, 0.25) is 0 Å². The smallest absolute Gasteiger partial charge is 0.494 e. The van der Waals surface area contributed by atoms with Gasteiger partial charge in [0.1, 0.15) is 22.8 Å². The molecule has 0 atom stereocenters. The van der Waals surface area contributed by atoms with Gasteiger partial charge in [-0.05, 0) is 64.5 Å². The average molecular weight is 494 g/mol. The van der Waals surface area contributed by atoms with Gasteiger partial charge in [-0.2, -0.15) is 4.73 Å². The molecule has 0 unspecified atom stereocenters. The molecule has 1 aliphatic rings. The number of nitrogens with zero attached hydrogens (tertiary/aromatic N) is 2. The van der Waals surface area contributed by atoms with Gasteiger partial charge >= 0.3 is 6.16 Å². The Morgan fingerprint density at radius 3 is 2.28 bits per heavy atom. The number of aromatic amines is 1. The van der Waals surface area contributed by atoms with E-state index in [1.54, 1.807) is 54.2 Å². The minimum atomic E-state index is -0.848. The van der Waals surface area contributed by atoms with Crippen LogP contribution in [0, 0.1) is 13.8 Å². The van der Waals surface area contributed by atoms with E-state index in [-0.39, 0.29) is 0 Å². The second kappa shape index (κ2) is 9.49. The van der Waals surface area contributed by atoms with Crippen molar-refractivity contribution in [2.45, 2.75) is 40.2 Å². The topological polar surface area (TPSA) is 96.3 Å². The van der Waals surface area contributed by atoms with Gasteiger partial charge in [0.15, 0.2) is 11.5 Å². The molecule has 190 valence electrons. The summed E-state index contributed by atoms with van der Waals surface area (Å²) in [5.41, 5.74) is 4.67. The van der Waals surface area contributed by atoms with Crippen molar-refractivity contribution in [2.24, 2.45) is 4.99 Å². The van der Waals surface area contributed by atoms with E-state index in [1.165, 1.54) is 4.73 Å². The third-order valence-electron chi connectivity index (χ3n) is 5.53. The largest absolute Gasteiger partial charge is 0.534 e. The van der Waals surface area contributed by atoms with Crippen LogP contribution in [-0.4, -0.2) is 48.5 Å². The predicted molar refractivity (Wildman–Crippen MR) is 138 cm³/mol. The maximum atomic E-state index is 12.7. The molecule has 0 saturated heterocycles. The average Bonchev–Trinajstić information content (AvgIpc) is 3.46. The van der Waals surface area contributed by atoms with Crippen LogP contribution < -0.4 is 14.3 Å². The molecule has 0 fully saturated rings. The molecular weight excluding hydrogens is 462 g/mol. The number of methoxy groups -OCH3 is 3. The van der Waals surface area contributed by atoms with Crippen LogP contribution in [0.15, 0.2) is 46.8 Å². The quantitative estimate of drug-likeness (QED) is 0.466. The fraction of sp³-hybridized carbons (Fsp3) is 0.333. The number of hydrogen-bond donors (Lipinski definition) is 1. The highest BCUT2D eigenvalue weighted by Gasteiger charge is 2.26. The van der Waals surface area contributed by atoms with Crippen molar-refractivity contribution in [2.75, 3.05) is 21.3 Å². The molecule has 0 radical (unpaired) electrons. The summed E-state index contributed by atoms with van der Waals surface area (Å²) < 4.78 is 23.3. The number of carbonyl (C=O) groups is 1. The number of nitrogens with one attached hydrogen (secondary N) is 1. The van der Waals surface area contributed by atoms with Crippen molar-refractivity contribution >= 4 is 28.8 Å². The number of fused-ring (bicyclic) bond motifs is 1. The molecule has 0 spiro atoms. The van der Waals surface area contributed by atoms with Gasteiger partial charge in [-0.25, -0.2) is 9.79 Å². The Morgan fingerprint density at radius 2 is 1.69 bits per heavy atom. The molecule has 3 aromatic rings. The molecule has 9 nitrogen and oxygen atoms in total. The molecule has 2 aromatic heterocycles. The zero-order valence-corrected chi connectivity index (χ0v) is 21.8. The number of hydrogen-bond acceptors (Lipinski definition) is 7. The lowest BCUT2D eigenvalue weighted by molar-refractivity contribution is -0.00895. The first kappa shape index (κ1) is 25.0. The van der Waals surface area contributed by atoms with E-state index < -0.39 is 11.8 Å². The number of aliphatic imine (C=N–C) groups is 1. The fourth-order valence-corrected chi connectivity index (χ4v) is 3.98. The minimum absolute atomic E-state index is 0.489. The van der Waals surface area contributed by atoms with E-state index in [1.807, 2.05) is 32.1 Å². The molecule has 1 aromatic carbocycles. The summed E-state index contributed by atoms with van der Waals surface area (Å²) in [6.45, 7) is 9.34. The normalized spacial score (nSPS) is 14.6. The SMILES string of the molecule is COC1=CC(c2cc3cc(OC)c(OC)cc3n2OC(=O)OC(C)(C)C)=NC1=Cc1[nH]c(C)cc1C. The summed E-state index contributed by atoms with van der Waals surface area (Å²) in [4.78, 5) is 26.5. The Bertz CT molecular complexity index is 1420. The summed E-state index contributed by atoms with van der Waals surface area (Å²) in [5, 5.41) is 0.759. The van der Waals surface area contributed by atoms with Crippen molar-refractivity contribution in [1.29, 1.82) is 0 Å². The maximum Gasteiger partial charge on any atom is 0.534 e. The lowest BCUT2D eigenvalue weighted by Gasteiger charge is -2.19. The first-order valence-electron chi connectivity index (χ1n) is 11.4. The van der Waals surface area contributed by atoms with Crippen LogP contribution >= 0.6 is 0 Å². The molecule has 0 bridgehead atoms. The second-order valence-corrected chi connectivity index (χ2v) is 9.43. The van der Waals surface area contributed by atoms with E-state index in [0.29, 0.717) is 39.9 Å². The third kappa shape index (κ3) is 4.95. The summed E-state index contributed by atoms with van der Waals surface area (Å²) in [6, 6.07) is 7.47. The number of aryl methyl sites for hydroxylation is 2. The van der Waals surface area contributed by atoms with Gasteiger partial charge < -0.3 is 28.8 Å². The van der Waals surface area contributed by atoms with E-state index >= 15 is 0 Å². The zero-order valence-electron chi connectivity index (χ0n) is 21.8. The molecule has 0 amide bonds. The van der Waals surface area contributed by atoms with Crippen molar-refractivity contribution in [1.82, 2.24) is 9.71 Å². The highest BCUT2D eigenvalue weighted by atomic mass is 16.8.